The molecule has 2 rings (SSSR count). The Morgan fingerprint density at radius 2 is 2.12 bits per heavy atom. The fourth-order valence-electron chi connectivity index (χ4n) is 2.19. The van der Waals surface area contributed by atoms with Crippen molar-refractivity contribution in [1.82, 2.24) is 15.1 Å². The Kier molecular flexibility index (Phi) is 3.59. The zero-order chi connectivity index (χ0) is 11.4. The molecule has 88 valence electrons. The fraction of sp³-hybridized carbons (Fsp3) is 0.667. The summed E-state index contributed by atoms with van der Waals surface area (Å²) in [4.78, 5) is 11.3. The molecular weight excluding hydrogens is 202 g/mol. The number of carbonyl (C=O) groups excluding carboxylic acids is 1. The number of nitrogens with one attached hydrogen (secondary N) is 1. The van der Waals surface area contributed by atoms with E-state index in [0.29, 0.717) is 6.54 Å². The van der Waals surface area contributed by atoms with Crippen molar-refractivity contribution in [3.63, 3.8) is 0 Å². The van der Waals surface area contributed by atoms with Gasteiger partial charge >= 0.3 is 0 Å². The molecule has 1 aliphatic rings. The molecule has 0 atom stereocenters. The molecule has 0 saturated carbocycles. The Balaban J connectivity index is 2.11. The van der Waals surface area contributed by atoms with E-state index < -0.39 is 0 Å². The lowest BCUT2D eigenvalue weighted by Gasteiger charge is -2.06. The van der Waals surface area contributed by atoms with Gasteiger partial charge in [0.15, 0.2) is 0 Å². The van der Waals surface area contributed by atoms with Crippen LogP contribution in [0.15, 0.2) is 6.20 Å². The Morgan fingerprint density at radius 1 is 1.38 bits per heavy atom. The summed E-state index contributed by atoms with van der Waals surface area (Å²) in [6.07, 6.45) is 9.32. The lowest BCUT2D eigenvalue weighted by atomic mass is 9.99. The van der Waals surface area contributed by atoms with Crippen LogP contribution in [-0.2, 0) is 24.2 Å². The molecule has 1 aromatic heterocycles. The van der Waals surface area contributed by atoms with Crippen molar-refractivity contribution in [2.45, 2.75) is 45.1 Å². The van der Waals surface area contributed by atoms with Crippen molar-refractivity contribution in [3.8, 4) is 0 Å². The van der Waals surface area contributed by atoms with E-state index in [-0.39, 0.29) is 5.91 Å². The SMILES string of the molecule is CNC(=O)Cn1cc2c(n1)CCCCCC2. The zero-order valence-corrected chi connectivity index (χ0v) is 9.83. The Hall–Kier alpha value is -1.32. The van der Waals surface area contributed by atoms with Gasteiger partial charge in [-0.15, -0.1) is 0 Å². The van der Waals surface area contributed by atoms with Crippen LogP contribution in [-0.4, -0.2) is 22.7 Å². The summed E-state index contributed by atoms with van der Waals surface area (Å²) in [6.45, 7) is 0.337. The fourth-order valence-corrected chi connectivity index (χ4v) is 2.19. The standard InChI is InChI=1S/C12H19N3O/c1-13-12(16)9-15-8-10-6-4-2-3-5-7-11(10)14-15/h8H,2-7,9H2,1H3,(H,13,16). The molecular formula is C12H19N3O. The highest BCUT2D eigenvalue weighted by molar-refractivity contribution is 5.75. The Labute approximate surface area is 96.0 Å². The van der Waals surface area contributed by atoms with E-state index in [1.807, 2.05) is 6.20 Å². The first-order valence-electron chi connectivity index (χ1n) is 6.05. The normalized spacial score (nSPS) is 16.1. The van der Waals surface area contributed by atoms with E-state index >= 15 is 0 Å². The van der Waals surface area contributed by atoms with E-state index in [1.165, 1.54) is 36.9 Å². The summed E-state index contributed by atoms with van der Waals surface area (Å²) in [5, 5.41) is 7.11. The number of amides is 1. The van der Waals surface area contributed by atoms with Crippen LogP contribution in [0.5, 0.6) is 0 Å². The third-order valence-corrected chi connectivity index (χ3v) is 3.12. The first-order valence-corrected chi connectivity index (χ1v) is 6.05. The van der Waals surface area contributed by atoms with E-state index in [2.05, 4.69) is 10.4 Å². The highest BCUT2D eigenvalue weighted by atomic mass is 16.1. The molecule has 0 saturated heterocycles. The lowest BCUT2D eigenvalue weighted by Crippen LogP contribution is -2.23. The molecule has 16 heavy (non-hydrogen) atoms. The summed E-state index contributed by atoms with van der Waals surface area (Å²) in [5.41, 5.74) is 2.53. The topological polar surface area (TPSA) is 46.9 Å². The smallest absolute Gasteiger partial charge is 0.241 e. The lowest BCUT2D eigenvalue weighted by molar-refractivity contribution is -0.121. The minimum Gasteiger partial charge on any atom is -0.358 e. The maximum atomic E-state index is 11.3. The summed E-state index contributed by atoms with van der Waals surface area (Å²) < 4.78 is 1.77. The molecule has 0 spiro atoms. The Bertz CT molecular complexity index is 345. The third kappa shape index (κ3) is 2.62. The van der Waals surface area contributed by atoms with Crippen LogP contribution < -0.4 is 5.32 Å². The van der Waals surface area contributed by atoms with Gasteiger partial charge in [0, 0.05) is 13.2 Å². The average Bonchev–Trinajstić information content (AvgIpc) is 2.60. The van der Waals surface area contributed by atoms with Crippen molar-refractivity contribution < 1.29 is 4.79 Å². The number of likely N-dealkylation sites (N-methyl/N-ethyl adjacent to an activating group) is 1. The molecule has 0 fully saturated rings. The number of aromatic nitrogens is 2. The monoisotopic (exact) mass is 221 g/mol. The predicted molar refractivity (Wildman–Crippen MR) is 62.2 cm³/mol. The minimum absolute atomic E-state index is 0.00970. The average molecular weight is 221 g/mol. The number of aryl methyl sites for hydroxylation is 2. The van der Waals surface area contributed by atoms with Gasteiger partial charge in [0.2, 0.25) is 5.91 Å². The predicted octanol–water partition coefficient (Wildman–Crippen LogP) is 1.29. The van der Waals surface area contributed by atoms with Gasteiger partial charge < -0.3 is 5.32 Å². The molecule has 0 aromatic carbocycles. The molecule has 1 aromatic rings. The number of hydrogen-bond donors (Lipinski definition) is 1. The summed E-state index contributed by atoms with van der Waals surface area (Å²) in [6, 6.07) is 0. The number of fused-ring (bicyclic) bond motifs is 1. The summed E-state index contributed by atoms with van der Waals surface area (Å²) >= 11 is 0. The largest absolute Gasteiger partial charge is 0.358 e. The minimum atomic E-state index is 0.00970. The van der Waals surface area contributed by atoms with Crippen molar-refractivity contribution in [2.24, 2.45) is 0 Å². The highest BCUT2D eigenvalue weighted by Gasteiger charge is 2.12. The summed E-state index contributed by atoms with van der Waals surface area (Å²) in [7, 11) is 1.65. The van der Waals surface area contributed by atoms with Gasteiger partial charge in [-0.25, -0.2) is 0 Å². The van der Waals surface area contributed by atoms with Gasteiger partial charge in [-0.3, -0.25) is 9.48 Å². The van der Waals surface area contributed by atoms with E-state index in [4.69, 9.17) is 0 Å². The molecule has 0 radical (unpaired) electrons. The quantitative estimate of drug-likeness (QED) is 0.818. The molecule has 0 unspecified atom stereocenters. The highest BCUT2D eigenvalue weighted by Crippen LogP contribution is 2.18. The van der Waals surface area contributed by atoms with Crippen LogP contribution in [0, 0.1) is 0 Å². The first-order chi connectivity index (χ1) is 7.79. The molecule has 4 nitrogen and oxygen atoms in total. The van der Waals surface area contributed by atoms with Gasteiger partial charge in [-0.05, 0) is 31.2 Å². The van der Waals surface area contributed by atoms with Gasteiger partial charge in [-0.1, -0.05) is 12.8 Å². The molecule has 1 N–H and O–H groups in total. The third-order valence-electron chi connectivity index (χ3n) is 3.12. The van der Waals surface area contributed by atoms with Gasteiger partial charge in [-0.2, -0.15) is 5.10 Å². The second-order valence-corrected chi connectivity index (χ2v) is 4.39. The number of rotatable bonds is 2. The van der Waals surface area contributed by atoms with Gasteiger partial charge in [0.1, 0.15) is 6.54 Å². The molecule has 0 aliphatic heterocycles. The number of carbonyl (C=O) groups is 1. The Morgan fingerprint density at radius 3 is 2.88 bits per heavy atom. The van der Waals surface area contributed by atoms with Gasteiger partial charge in [0.25, 0.3) is 0 Å². The van der Waals surface area contributed by atoms with E-state index in [0.717, 1.165) is 12.8 Å². The maximum Gasteiger partial charge on any atom is 0.241 e. The molecule has 4 heteroatoms. The zero-order valence-electron chi connectivity index (χ0n) is 9.83. The van der Waals surface area contributed by atoms with Crippen molar-refractivity contribution in [2.75, 3.05) is 7.05 Å². The van der Waals surface area contributed by atoms with Crippen LogP contribution in [0.4, 0.5) is 0 Å². The number of hydrogen-bond acceptors (Lipinski definition) is 2. The first kappa shape index (κ1) is 11.2. The van der Waals surface area contributed by atoms with Crippen LogP contribution >= 0.6 is 0 Å². The summed E-state index contributed by atoms with van der Waals surface area (Å²) in [5.74, 6) is 0.00970. The molecule has 1 aliphatic carbocycles. The maximum absolute atomic E-state index is 11.3. The second-order valence-electron chi connectivity index (χ2n) is 4.39. The molecule has 1 amide bonds. The number of nitrogens with zero attached hydrogens (tertiary/aromatic N) is 2. The molecule has 0 bridgehead atoms. The molecule has 1 heterocycles. The van der Waals surface area contributed by atoms with Crippen LogP contribution in [0.2, 0.25) is 0 Å². The van der Waals surface area contributed by atoms with Gasteiger partial charge in [0.05, 0.1) is 5.69 Å². The van der Waals surface area contributed by atoms with Crippen LogP contribution in [0.1, 0.15) is 36.9 Å². The second kappa shape index (κ2) is 5.14. The van der Waals surface area contributed by atoms with E-state index in [1.54, 1.807) is 11.7 Å². The van der Waals surface area contributed by atoms with Crippen molar-refractivity contribution in [3.05, 3.63) is 17.5 Å². The van der Waals surface area contributed by atoms with Crippen molar-refractivity contribution in [1.29, 1.82) is 0 Å². The van der Waals surface area contributed by atoms with Crippen LogP contribution in [0.25, 0.3) is 0 Å². The van der Waals surface area contributed by atoms with Crippen LogP contribution in [0.3, 0.4) is 0 Å². The van der Waals surface area contributed by atoms with Crippen molar-refractivity contribution >= 4 is 5.91 Å². The van der Waals surface area contributed by atoms with E-state index in [9.17, 15) is 4.79 Å².